The smallest absolute Gasteiger partial charge is 0.342 e. The van der Waals surface area contributed by atoms with Gasteiger partial charge in [0.15, 0.2) is 5.76 Å². The van der Waals surface area contributed by atoms with Gasteiger partial charge in [-0.3, -0.25) is 0 Å². The highest BCUT2D eigenvalue weighted by molar-refractivity contribution is 5.92. The highest BCUT2D eigenvalue weighted by Gasteiger charge is 2.15. The van der Waals surface area contributed by atoms with E-state index in [1.54, 1.807) is 42.5 Å². The minimum absolute atomic E-state index is 0.0377. The molecule has 0 bridgehead atoms. The molecule has 128 valence electrons. The maximum absolute atomic E-state index is 13.0. The zero-order valence-corrected chi connectivity index (χ0v) is 13.6. The van der Waals surface area contributed by atoms with E-state index in [2.05, 4.69) is 5.16 Å². The molecule has 1 aromatic heterocycles. The Balaban J connectivity index is 1.66. The monoisotopic (exact) mass is 341 g/mol. The van der Waals surface area contributed by atoms with Crippen molar-refractivity contribution in [1.29, 1.82) is 0 Å². The Morgan fingerprint density at radius 1 is 1.16 bits per heavy atom. The lowest BCUT2D eigenvalue weighted by atomic mass is 10.1. The van der Waals surface area contributed by atoms with Gasteiger partial charge in [-0.2, -0.15) is 0 Å². The number of halogens is 1. The van der Waals surface area contributed by atoms with Crippen LogP contribution in [0.2, 0.25) is 0 Å². The van der Waals surface area contributed by atoms with Crippen molar-refractivity contribution < 1.29 is 23.2 Å². The van der Waals surface area contributed by atoms with Crippen LogP contribution < -0.4 is 4.74 Å². The normalized spacial score (nSPS) is 10.5. The van der Waals surface area contributed by atoms with Crippen LogP contribution in [0.15, 0.2) is 59.1 Å². The highest BCUT2D eigenvalue weighted by atomic mass is 19.1. The van der Waals surface area contributed by atoms with Crippen molar-refractivity contribution in [2.75, 3.05) is 6.61 Å². The summed E-state index contributed by atoms with van der Waals surface area (Å²) in [4.78, 5) is 12.2. The summed E-state index contributed by atoms with van der Waals surface area (Å²) in [7, 11) is 0. The van der Waals surface area contributed by atoms with E-state index in [1.807, 2.05) is 6.92 Å². The number of hydrogen-bond donors (Lipinski definition) is 0. The molecule has 0 fully saturated rings. The standard InChI is InChI=1S/C19H16FNO4/c1-2-23-17-6-4-3-5-16(17)19(22)24-12-15-11-18(25-21-15)13-7-9-14(20)10-8-13/h3-11H,2,12H2,1H3. The summed E-state index contributed by atoms with van der Waals surface area (Å²) in [5.41, 5.74) is 1.50. The second-order valence-electron chi connectivity index (χ2n) is 5.19. The Bertz CT molecular complexity index is 858. The average molecular weight is 341 g/mol. The third-order valence-corrected chi connectivity index (χ3v) is 3.45. The van der Waals surface area contributed by atoms with Crippen molar-refractivity contribution in [1.82, 2.24) is 5.16 Å². The average Bonchev–Trinajstić information content (AvgIpc) is 3.10. The van der Waals surface area contributed by atoms with Gasteiger partial charge in [0.2, 0.25) is 0 Å². The van der Waals surface area contributed by atoms with Crippen molar-refractivity contribution in [3.63, 3.8) is 0 Å². The third kappa shape index (κ3) is 4.03. The van der Waals surface area contributed by atoms with E-state index >= 15 is 0 Å². The molecule has 0 saturated carbocycles. The van der Waals surface area contributed by atoms with Crippen LogP contribution in [0.1, 0.15) is 23.0 Å². The number of carbonyl (C=O) groups is 1. The zero-order valence-electron chi connectivity index (χ0n) is 13.6. The van der Waals surface area contributed by atoms with Crippen LogP contribution in [0, 0.1) is 5.82 Å². The van der Waals surface area contributed by atoms with Crippen LogP contribution in [0.5, 0.6) is 5.75 Å². The summed E-state index contributed by atoms with van der Waals surface area (Å²) < 4.78 is 28.8. The second kappa shape index (κ2) is 7.61. The minimum atomic E-state index is -0.504. The molecule has 0 spiro atoms. The van der Waals surface area contributed by atoms with Crippen LogP contribution in [0.3, 0.4) is 0 Å². The first-order valence-electron chi connectivity index (χ1n) is 7.78. The van der Waals surface area contributed by atoms with E-state index < -0.39 is 5.97 Å². The summed E-state index contributed by atoms with van der Waals surface area (Å²) in [5, 5.41) is 3.86. The van der Waals surface area contributed by atoms with E-state index in [9.17, 15) is 9.18 Å². The maximum atomic E-state index is 13.0. The van der Waals surface area contributed by atoms with E-state index in [4.69, 9.17) is 14.0 Å². The first-order chi connectivity index (χ1) is 12.2. The molecule has 0 aliphatic carbocycles. The number of aromatic nitrogens is 1. The Labute approximate surface area is 144 Å². The molecule has 3 rings (SSSR count). The first-order valence-corrected chi connectivity index (χ1v) is 7.78. The molecule has 3 aromatic rings. The van der Waals surface area contributed by atoms with Crippen LogP contribution in [-0.2, 0) is 11.3 Å². The number of hydrogen-bond acceptors (Lipinski definition) is 5. The minimum Gasteiger partial charge on any atom is -0.493 e. The second-order valence-corrected chi connectivity index (χ2v) is 5.19. The number of benzene rings is 2. The molecule has 25 heavy (non-hydrogen) atoms. The lowest BCUT2D eigenvalue weighted by Crippen LogP contribution is -2.08. The van der Waals surface area contributed by atoms with E-state index in [0.29, 0.717) is 34.9 Å². The molecule has 5 nitrogen and oxygen atoms in total. The quantitative estimate of drug-likeness (QED) is 0.628. The van der Waals surface area contributed by atoms with Gasteiger partial charge in [-0.1, -0.05) is 17.3 Å². The van der Waals surface area contributed by atoms with Gasteiger partial charge in [0, 0.05) is 11.6 Å². The largest absolute Gasteiger partial charge is 0.493 e. The molecule has 0 unspecified atom stereocenters. The van der Waals surface area contributed by atoms with Gasteiger partial charge < -0.3 is 14.0 Å². The number of carbonyl (C=O) groups excluding carboxylic acids is 1. The molecular weight excluding hydrogens is 325 g/mol. The highest BCUT2D eigenvalue weighted by Crippen LogP contribution is 2.22. The van der Waals surface area contributed by atoms with Gasteiger partial charge in [0.05, 0.1) is 6.61 Å². The van der Waals surface area contributed by atoms with E-state index in [-0.39, 0.29) is 12.4 Å². The summed E-state index contributed by atoms with van der Waals surface area (Å²) in [6, 6.07) is 14.4. The van der Waals surface area contributed by atoms with Gasteiger partial charge in [-0.05, 0) is 43.3 Å². The predicted octanol–water partition coefficient (Wildman–Crippen LogP) is 4.24. The molecule has 0 atom stereocenters. The van der Waals surface area contributed by atoms with Crippen LogP contribution in [-0.4, -0.2) is 17.7 Å². The number of esters is 1. The van der Waals surface area contributed by atoms with Crippen molar-refractivity contribution in [3.05, 3.63) is 71.7 Å². The molecule has 0 aliphatic rings. The van der Waals surface area contributed by atoms with Crippen molar-refractivity contribution in [2.24, 2.45) is 0 Å². The fraction of sp³-hybridized carbons (Fsp3) is 0.158. The Morgan fingerprint density at radius 3 is 2.68 bits per heavy atom. The number of rotatable bonds is 6. The maximum Gasteiger partial charge on any atom is 0.342 e. The topological polar surface area (TPSA) is 61.6 Å². The lowest BCUT2D eigenvalue weighted by molar-refractivity contribution is 0.0460. The molecule has 0 amide bonds. The summed E-state index contributed by atoms with van der Waals surface area (Å²) in [5.74, 6) is 0.115. The van der Waals surface area contributed by atoms with Crippen LogP contribution >= 0.6 is 0 Å². The lowest BCUT2D eigenvalue weighted by Gasteiger charge is -2.08. The first kappa shape index (κ1) is 16.7. The Hall–Kier alpha value is -3.15. The summed E-state index contributed by atoms with van der Waals surface area (Å²) >= 11 is 0. The van der Waals surface area contributed by atoms with E-state index in [0.717, 1.165) is 0 Å². The molecule has 0 saturated heterocycles. The Kier molecular flexibility index (Phi) is 5.09. The van der Waals surface area contributed by atoms with Gasteiger partial charge in [-0.25, -0.2) is 9.18 Å². The van der Waals surface area contributed by atoms with Crippen LogP contribution in [0.25, 0.3) is 11.3 Å². The number of ether oxygens (including phenoxy) is 2. The summed E-state index contributed by atoms with van der Waals surface area (Å²) in [6.07, 6.45) is 0. The third-order valence-electron chi connectivity index (χ3n) is 3.45. The van der Waals surface area contributed by atoms with E-state index in [1.165, 1.54) is 12.1 Å². The molecule has 0 aliphatic heterocycles. The fourth-order valence-corrected chi connectivity index (χ4v) is 2.26. The Morgan fingerprint density at radius 2 is 1.92 bits per heavy atom. The van der Waals surface area contributed by atoms with Crippen molar-refractivity contribution in [2.45, 2.75) is 13.5 Å². The fourth-order valence-electron chi connectivity index (χ4n) is 2.26. The molecule has 0 N–H and O–H groups in total. The zero-order chi connectivity index (χ0) is 17.6. The molecule has 6 heteroatoms. The van der Waals surface area contributed by atoms with Crippen molar-refractivity contribution >= 4 is 5.97 Å². The summed E-state index contributed by atoms with van der Waals surface area (Å²) in [6.45, 7) is 2.26. The van der Waals surface area contributed by atoms with Crippen molar-refractivity contribution in [3.8, 4) is 17.1 Å². The van der Waals surface area contributed by atoms with Crippen LogP contribution in [0.4, 0.5) is 4.39 Å². The molecule has 1 heterocycles. The van der Waals surface area contributed by atoms with Gasteiger partial charge in [0.1, 0.15) is 29.4 Å². The SMILES string of the molecule is CCOc1ccccc1C(=O)OCc1cc(-c2ccc(F)cc2)on1. The van der Waals surface area contributed by atoms with Gasteiger partial charge in [0.25, 0.3) is 0 Å². The van der Waals surface area contributed by atoms with Gasteiger partial charge in [-0.15, -0.1) is 0 Å². The molecular formula is C19H16FNO4. The molecule has 0 radical (unpaired) electrons. The number of nitrogens with zero attached hydrogens (tertiary/aromatic N) is 1. The predicted molar refractivity (Wildman–Crippen MR) is 88.6 cm³/mol. The molecule has 2 aromatic carbocycles. The van der Waals surface area contributed by atoms with Gasteiger partial charge >= 0.3 is 5.97 Å². The number of para-hydroxylation sites is 1.